The van der Waals surface area contributed by atoms with Gasteiger partial charge in [0.1, 0.15) is 0 Å². The quantitative estimate of drug-likeness (QED) is 0.809. The molecule has 3 heteroatoms. The topological polar surface area (TPSA) is 20.3 Å². The summed E-state index contributed by atoms with van der Waals surface area (Å²) in [6.07, 6.45) is 0.818. The molecule has 0 saturated heterocycles. The van der Waals surface area contributed by atoms with E-state index >= 15 is 0 Å². The van der Waals surface area contributed by atoms with Crippen LogP contribution in [-0.4, -0.2) is 5.91 Å². The first-order valence-electron chi connectivity index (χ1n) is 6.79. The van der Waals surface area contributed by atoms with Gasteiger partial charge in [0.25, 0.3) is 0 Å². The predicted molar refractivity (Wildman–Crippen MR) is 84.6 cm³/mol. The maximum Gasteiger partial charge on any atom is 0.230 e. The molecule has 0 aliphatic carbocycles. The molecule has 0 N–H and O–H groups in total. The van der Waals surface area contributed by atoms with E-state index in [-0.39, 0.29) is 11.8 Å². The second-order valence-electron chi connectivity index (χ2n) is 5.29. The lowest BCUT2D eigenvalue weighted by Gasteiger charge is -2.33. The standard InChI is InChI=1S/C17H16BrNO/c1-12-9-14-10-15(18)7-8-16(14)19(17(12)20)11-13-5-3-2-4-6-13/h2-8,10,12H,9,11H2,1H3. The first kappa shape index (κ1) is 13.4. The number of benzene rings is 2. The molecule has 2 nitrogen and oxygen atoms in total. The van der Waals surface area contributed by atoms with Crippen molar-refractivity contribution in [3.63, 3.8) is 0 Å². The van der Waals surface area contributed by atoms with Crippen molar-refractivity contribution in [1.29, 1.82) is 0 Å². The number of halogens is 1. The monoisotopic (exact) mass is 329 g/mol. The summed E-state index contributed by atoms with van der Waals surface area (Å²) in [6.45, 7) is 2.64. The summed E-state index contributed by atoms with van der Waals surface area (Å²) >= 11 is 3.51. The van der Waals surface area contributed by atoms with Gasteiger partial charge < -0.3 is 4.90 Å². The van der Waals surface area contributed by atoms with Gasteiger partial charge in [-0.15, -0.1) is 0 Å². The third kappa shape index (κ3) is 2.50. The second-order valence-corrected chi connectivity index (χ2v) is 6.20. The van der Waals surface area contributed by atoms with Crippen LogP contribution in [0.3, 0.4) is 0 Å². The zero-order chi connectivity index (χ0) is 14.1. The Hall–Kier alpha value is -1.61. The normalized spacial score (nSPS) is 18.0. The van der Waals surface area contributed by atoms with Gasteiger partial charge in [0.15, 0.2) is 0 Å². The smallest absolute Gasteiger partial charge is 0.230 e. The fourth-order valence-electron chi connectivity index (χ4n) is 2.71. The molecule has 3 rings (SSSR count). The maximum absolute atomic E-state index is 12.5. The van der Waals surface area contributed by atoms with Gasteiger partial charge in [-0.2, -0.15) is 0 Å². The molecule has 2 aromatic carbocycles. The molecule has 2 aromatic rings. The Morgan fingerprint density at radius 2 is 1.95 bits per heavy atom. The third-order valence-electron chi connectivity index (χ3n) is 3.73. The minimum absolute atomic E-state index is 0.0421. The largest absolute Gasteiger partial charge is 0.307 e. The lowest BCUT2D eigenvalue weighted by molar-refractivity contribution is -0.122. The highest BCUT2D eigenvalue weighted by molar-refractivity contribution is 9.10. The lowest BCUT2D eigenvalue weighted by atomic mass is 9.92. The average Bonchev–Trinajstić information content (AvgIpc) is 2.45. The Morgan fingerprint density at radius 1 is 1.20 bits per heavy atom. The van der Waals surface area contributed by atoms with Crippen LogP contribution in [0, 0.1) is 5.92 Å². The highest BCUT2D eigenvalue weighted by Crippen LogP contribution is 2.33. The van der Waals surface area contributed by atoms with Crippen LogP contribution in [0.2, 0.25) is 0 Å². The van der Waals surface area contributed by atoms with Crippen molar-refractivity contribution in [2.45, 2.75) is 19.9 Å². The first-order valence-corrected chi connectivity index (χ1v) is 7.58. The first-order chi connectivity index (χ1) is 9.65. The Balaban J connectivity index is 1.99. The molecular formula is C17H16BrNO. The summed E-state index contributed by atoms with van der Waals surface area (Å²) < 4.78 is 1.07. The van der Waals surface area contributed by atoms with E-state index in [9.17, 15) is 4.79 Å². The number of hydrogen-bond donors (Lipinski definition) is 0. The van der Waals surface area contributed by atoms with Gasteiger partial charge in [-0.05, 0) is 35.7 Å². The summed E-state index contributed by atoms with van der Waals surface area (Å²) in [7, 11) is 0. The van der Waals surface area contributed by atoms with E-state index in [4.69, 9.17) is 0 Å². The summed E-state index contributed by atoms with van der Waals surface area (Å²) in [5.41, 5.74) is 3.44. The van der Waals surface area contributed by atoms with E-state index in [0.29, 0.717) is 6.54 Å². The van der Waals surface area contributed by atoms with Crippen LogP contribution in [-0.2, 0) is 17.8 Å². The number of nitrogens with zero attached hydrogens (tertiary/aromatic N) is 1. The molecule has 0 fully saturated rings. The van der Waals surface area contributed by atoms with Crippen LogP contribution < -0.4 is 4.90 Å². The van der Waals surface area contributed by atoms with Gasteiger partial charge in [-0.25, -0.2) is 0 Å². The highest BCUT2D eigenvalue weighted by Gasteiger charge is 2.29. The second kappa shape index (κ2) is 5.41. The molecule has 1 amide bonds. The fourth-order valence-corrected chi connectivity index (χ4v) is 3.12. The van der Waals surface area contributed by atoms with Gasteiger partial charge in [0.2, 0.25) is 5.91 Å². The van der Waals surface area contributed by atoms with Gasteiger partial charge in [0, 0.05) is 16.1 Å². The van der Waals surface area contributed by atoms with Crippen molar-refractivity contribution in [2.75, 3.05) is 4.90 Å². The third-order valence-corrected chi connectivity index (χ3v) is 4.22. The zero-order valence-corrected chi connectivity index (χ0v) is 12.9. The summed E-state index contributed by atoms with van der Waals surface area (Å²) in [5.74, 6) is 0.254. The minimum atomic E-state index is 0.0421. The molecule has 102 valence electrons. The minimum Gasteiger partial charge on any atom is -0.307 e. The average molecular weight is 330 g/mol. The van der Waals surface area contributed by atoms with Crippen molar-refractivity contribution in [3.8, 4) is 0 Å². The zero-order valence-electron chi connectivity index (χ0n) is 11.3. The van der Waals surface area contributed by atoms with Gasteiger partial charge in [-0.1, -0.05) is 53.2 Å². The molecule has 0 radical (unpaired) electrons. The molecular weight excluding hydrogens is 314 g/mol. The van der Waals surface area contributed by atoms with Crippen molar-refractivity contribution >= 4 is 27.5 Å². The molecule has 1 atom stereocenters. The Bertz CT molecular complexity index is 639. The summed E-state index contributed by atoms with van der Waals surface area (Å²) in [4.78, 5) is 14.4. The van der Waals surface area contributed by atoms with E-state index in [1.165, 1.54) is 5.56 Å². The van der Waals surface area contributed by atoms with Crippen LogP contribution in [0.25, 0.3) is 0 Å². The van der Waals surface area contributed by atoms with E-state index in [2.05, 4.69) is 34.1 Å². The molecule has 0 bridgehead atoms. The van der Waals surface area contributed by atoms with Crippen LogP contribution in [0.4, 0.5) is 5.69 Å². The fraction of sp³-hybridized carbons (Fsp3) is 0.235. The lowest BCUT2D eigenvalue weighted by Crippen LogP contribution is -2.39. The van der Waals surface area contributed by atoms with E-state index in [0.717, 1.165) is 22.1 Å². The van der Waals surface area contributed by atoms with E-state index < -0.39 is 0 Å². The summed E-state index contributed by atoms with van der Waals surface area (Å²) in [6, 6.07) is 16.3. The van der Waals surface area contributed by atoms with E-state index in [1.807, 2.05) is 42.2 Å². The van der Waals surface area contributed by atoms with Gasteiger partial charge >= 0.3 is 0 Å². The van der Waals surface area contributed by atoms with Crippen LogP contribution in [0.15, 0.2) is 53.0 Å². The SMILES string of the molecule is CC1Cc2cc(Br)ccc2N(Cc2ccccc2)C1=O. The van der Waals surface area contributed by atoms with Crippen molar-refractivity contribution in [1.82, 2.24) is 0 Å². The van der Waals surface area contributed by atoms with Crippen LogP contribution in [0.1, 0.15) is 18.1 Å². The number of amides is 1. The summed E-state index contributed by atoms with van der Waals surface area (Å²) in [5, 5.41) is 0. The number of carbonyl (C=O) groups is 1. The van der Waals surface area contributed by atoms with Gasteiger partial charge in [0.05, 0.1) is 6.54 Å². The number of hydrogen-bond acceptors (Lipinski definition) is 1. The molecule has 20 heavy (non-hydrogen) atoms. The van der Waals surface area contributed by atoms with Crippen molar-refractivity contribution in [2.24, 2.45) is 5.92 Å². The molecule has 1 aliphatic rings. The molecule has 1 aliphatic heterocycles. The molecule has 1 unspecified atom stereocenters. The number of anilines is 1. The molecule has 0 aromatic heterocycles. The van der Waals surface area contributed by atoms with E-state index in [1.54, 1.807) is 0 Å². The Kier molecular flexibility index (Phi) is 3.62. The molecule has 0 spiro atoms. The molecule has 0 saturated carbocycles. The Morgan fingerprint density at radius 3 is 2.70 bits per heavy atom. The van der Waals surface area contributed by atoms with Crippen molar-refractivity contribution < 1.29 is 4.79 Å². The van der Waals surface area contributed by atoms with Gasteiger partial charge in [-0.3, -0.25) is 4.79 Å². The van der Waals surface area contributed by atoms with Crippen LogP contribution >= 0.6 is 15.9 Å². The van der Waals surface area contributed by atoms with Crippen molar-refractivity contribution in [3.05, 3.63) is 64.1 Å². The maximum atomic E-state index is 12.5. The number of carbonyl (C=O) groups excluding carboxylic acids is 1. The number of rotatable bonds is 2. The van der Waals surface area contributed by atoms with Crippen LogP contribution in [0.5, 0.6) is 0 Å². The molecule has 1 heterocycles. The predicted octanol–water partition coefficient (Wildman–Crippen LogP) is 4.17. The Labute approximate surface area is 127 Å². The highest BCUT2D eigenvalue weighted by atomic mass is 79.9. The number of fused-ring (bicyclic) bond motifs is 1.